The van der Waals surface area contributed by atoms with Crippen molar-refractivity contribution in [2.24, 2.45) is 10.9 Å². The lowest BCUT2D eigenvalue weighted by Gasteiger charge is -2.42. The van der Waals surface area contributed by atoms with Crippen LogP contribution in [0.3, 0.4) is 0 Å². The maximum atomic E-state index is 12.5. The van der Waals surface area contributed by atoms with E-state index in [4.69, 9.17) is 13.9 Å². The molecule has 1 aliphatic rings. The standard InChI is InChI=1S/C30H41NO6Si/c1-20(2)38(21(3)4,22(5)6)37-26-14-12-23(13-15-26)16-25(17-28(32)33)29-31-27(19-35-29)30(34)36-18-24-10-8-7-9-11-24/h7-15,20-22,25,29H,16-19H2,1-6H3,(H,32,33). The molecule has 0 aromatic heterocycles. The van der Waals surface area contributed by atoms with E-state index in [9.17, 15) is 14.7 Å². The van der Waals surface area contributed by atoms with Gasteiger partial charge in [0, 0.05) is 5.92 Å². The normalized spacial score (nSPS) is 16.6. The number of rotatable bonds is 13. The van der Waals surface area contributed by atoms with E-state index in [1.54, 1.807) is 0 Å². The van der Waals surface area contributed by atoms with E-state index >= 15 is 0 Å². The van der Waals surface area contributed by atoms with Gasteiger partial charge < -0.3 is 19.0 Å². The van der Waals surface area contributed by atoms with Crippen molar-refractivity contribution in [2.75, 3.05) is 6.61 Å². The molecule has 0 amide bonds. The summed E-state index contributed by atoms with van der Waals surface area (Å²) in [5.41, 5.74) is 3.42. The molecule has 2 aromatic carbocycles. The van der Waals surface area contributed by atoms with Gasteiger partial charge in [0.1, 0.15) is 18.1 Å². The predicted molar refractivity (Wildman–Crippen MR) is 151 cm³/mol. The summed E-state index contributed by atoms with van der Waals surface area (Å²) in [6, 6.07) is 17.3. The van der Waals surface area contributed by atoms with Crippen molar-refractivity contribution >= 4 is 26.0 Å². The first-order valence-electron chi connectivity index (χ1n) is 13.4. The molecule has 0 spiro atoms. The number of esters is 1. The number of carboxylic acid groups (broad SMARTS) is 1. The number of nitrogens with zero attached hydrogens (tertiary/aromatic N) is 1. The number of carbonyl (C=O) groups excluding carboxylic acids is 1. The summed E-state index contributed by atoms with van der Waals surface area (Å²) < 4.78 is 17.9. The molecule has 8 heteroatoms. The van der Waals surface area contributed by atoms with Gasteiger partial charge in [-0.3, -0.25) is 4.79 Å². The molecule has 0 radical (unpaired) electrons. The lowest BCUT2D eigenvalue weighted by molar-refractivity contribution is -0.139. The summed E-state index contributed by atoms with van der Waals surface area (Å²) in [4.78, 5) is 28.5. The van der Waals surface area contributed by atoms with E-state index in [-0.39, 0.29) is 25.3 Å². The Bertz CT molecular complexity index is 1080. The fraction of sp³-hybridized carbons (Fsp3) is 0.500. The molecule has 2 atom stereocenters. The van der Waals surface area contributed by atoms with E-state index in [0.717, 1.165) is 16.9 Å². The molecular formula is C30H41NO6Si. The SMILES string of the molecule is CC(C)[Si](Oc1ccc(CC(CC(=O)O)C2N=C(C(=O)OCc3ccccc3)CO2)cc1)(C(C)C)C(C)C. The average Bonchev–Trinajstić information content (AvgIpc) is 3.36. The quantitative estimate of drug-likeness (QED) is 0.233. The van der Waals surface area contributed by atoms with Crippen LogP contribution in [0.5, 0.6) is 5.75 Å². The molecule has 2 aromatic rings. The zero-order chi connectivity index (χ0) is 27.9. The Kier molecular flexibility index (Phi) is 10.3. The first kappa shape index (κ1) is 29.6. The fourth-order valence-corrected chi connectivity index (χ4v) is 10.9. The second-order valence-electron chi connectivity index (χ2n) is 11.0. The van der Waals surface area contributed by atoms with Crippen LogP contribution < -0.4 is 4.43 Å². The van der Waals surface area contributed by atoms with Gasteiger partial charge in [-0.25, -0.2) is 9.79 Å². The van der Waals surface area contributed by atoms with Gasteiger partial charge in [0.05, 0.1) is 13.0 Å². The highest BCUT2D eigenvalue weighted by molar-refractivity contribution is 6.78. The molecule has 0 saturated heterocycles. The van der Waals surface area contributed by atoms with Crippen LogP contribution in [-0.4, -0.2) is 43.9 Å². The van der Waals surface area contributed by atoms with Crippen molar-refractivity contribution in [2.45, 2.75) is 83.8 Å². The average molecular weight is 540 g/mol. The summed E-state index contributed by atoms with van der Waals surface area (Å²) in [7, 11) is -2.07. The Balaban J connectivity index is 1.69. The molecule has 0 bridgehead atoms. The minimum Gasteiger partial charge on any atom is -0.543 e. The number of carbonyl (C=O) groups is 2. The molecule has 7 nitrogen and oxygen atoms in total. The van der Waals surface area contributed by atoms with Crippen molar-refractivity contribution < 1.29 is 28.6 Å². The van der Waals surface area contributed by atoms with E-state index in [2.05, 4.69) is 46.5 Å². The van der Waals surface area contributed by atoms with Gasteiger partial charge in [-0.05, 0) is 46.3 Å². The Morgan fingerprint density at radius 3 is 2.11 bits per heavy atom. The van der Waals surface area contributed by atoms with Gasteiger partial charge in [-0.1, -0.05) is 84.0 Å². The van der Waals surface area contributed by atoms with Gasteiger partial charge in [-0.15, -0.1) is 0 Å². The lowest BCUT2D eigenvalue weighted by atomic mass is 9.94. The number of hydrogen-bond acceptors (Lipinski definition) is 6. The van der Waals surface area contributed by atoms with Crippen LogP contribution in [-0.2, 0) is 32.1 Å². The summed E-state index contributed by atoms with van der Waals surface area (Å²) >= 11 is 0. The van der Waals surface area contributed by atoms with E-state index < -0.39 is 32.4 Å². The van der Waals surface area contributed by atoms with Crippen molar-refractivity contribution in [1.82, 2.24) is 0 Å². The van der Waals surface area contributed by atoms with Gasteiger partial charge in [0.15, 0.2) is 6.23 Å². The largest absolute Gasteiger partial charge is 0.543 e. The van der Waals surface area contributed by atoms with Crippen LogP contribution in [0.1, 0.15) is 59.1 Å². The van der Waals surface area contributed by atoms with Crippen LogP contribution >= 0.6 is 0 Å². The maximum Gasteiger partial charge on any atom is 0.355 e. The van der Waals surface area contributed by atoms with Crippen LogP contribution in [0, 0.1) is 5.92 Å². The highest BCUT2D eigenvalue weighted by atomic mass is 28.4. The molecule has 0 aliphatic carbocycles. The Labute approximate surface area is 227 Å². The van der Waals surface area contributed by atoms with Crippen LogP contribution in [0.15, 0.2) is 59.6 Å². The zero-order valence-corrected chi connectivity index (χ0v) is 24.3. The van der Waals surface area contributed by atoms with Crippen molar-refractivity contribution in [3.63, 3.8) is 0 Å². The first-order chi connectivity index (χ1) is 18.0. The van der Waals surface area contributed by atoms with Gasteiger partial charge in [0.25, 0.3) is 8.32 Å². The summed E-state index contributed by atoms with van der Waals surface area (Å²) in [6.45, 7) is 13.7. The molecule has 1 N–H and O–H groups in total. The number of aliphatic imine (C=N–C) groups is 1. The third kappa shape index (κ3) is 7.32. The van der Waals surface area contributed by atoms with E-state index in [1.807, 2.05) is 54.6 Å². The van der Waals surface area contributed by atoms with E-state index in [0.29, 0.717) is 23.0 Å². The highest BCUT2D eigenvalue weighted by Crippen LogP contribution is 2.42. The molecule has 1 aliphatic heterocycles. The van der Waals surface area contributed by atoms with E-state index in [1.165, 1.54) is 0 Å². The Morgan fingerprint density at radius 2 is 1.55 bits per heavy atom. The van der Waals surface area contributed by atoms with Gasteiger partial charge in [0.2, 0.25) is 0 Å². The Morgan fingerprint density at radius 1 is 0.947 bits per heavy atom. The molecule has 3 rings (SSSR count). The second kappa shape index (κ2) is 13.2. The fourth-order valence-electron chi connectivity index (χ4n) is 5.60. The Hall–Kier alpha value is -2.97. The third-order valence-corrected chi connectivity index (χ3v) is 13.4. The number of carboxylic acids is 1. The molecule has 206 valence electrons. The summed E-state index contributed by atoms with van der Waals surface area (Å²) in [5.74, 6) is -1.05. The second-order valence-corrected chi connectivity index (χ2v) is 16.3. The van der Waals surface area contributed by atoms with Crippen LogP contribution in [0.2, 0.25) is 16.6 Å². The van der Waals surface area contributed by atoms with Crippen molar-refractivity contribution in [3.8, 4) is 5.75 Å². The first-order valence-corrected chi connectivity index (χ1v) is 15.6. The minimum atomic E-state index is -2.07. The van der Waals surface area contributed by atoms with Gasteiger partial charge >= 0.3 is 11.9 Å². The maximum absolute atomic E-state index is 12.5. The molecule has 2 unspecified atom stereocenters. The summed E-state index contributed by atoms with van der Waals surface area (Å²) in [5, 5.41) is 9.52. The topological polar surface area (TPSA) is 94.4 Å². The molecular weight excluding hydrogens is 498 g/mol. The number of hydrogen-bond donors (Lipinski definition) is 1. The van der Waals surface area contributed by atoms with Crippen LogP contribution in [0.4, 0.5) is 0 Å². The molecule has 38 heavy (non-hydrogen) atoms. The molecule has 0 fully saturated rings. The monoisotopic (exact) mass is 539 g/mol. The van der Waals surface area contributed by atoms with Gasteiger partial charge in [-0.2, -0.15) is 0 Å². The van der Waals surface area contributed by atoms with Crippen molar-refractivity contribution in [3.05, 3.63) is 65.7 Å². The van der Waals surface area contributed by atoms with Crippen LogP contribution in [0.25, 0.3) is 0 Å². The number of benzene rings is 2. The molecule has 0 saturated carbocycles. The van der Waals surface area contributed by atoms with Crippen molar-refractivity contribution in [1.29, 1.82) is 0 Å². The predicted octanol–water partition coefficient (Wildman–Crippen LogP) is 6.42. The zero-order valence-electron chi connectivity index (χ0n) is 23.3. The number of ether oxygens (including phenoxy) is 2. The third-order valence-electron chi connectivity index (χ3n) is 7.39. The lowest BCUT2D eigenvalue weighted by Crippen LogP contribution is -2.50. The molecule has 1 heterocycles. The smallest absolute Gasteiger partial charge is 0.355 e. The summed E-state index contributed by atoms with van der Waals surface area (Å²) in [6.07, 6.45) is -0.388. The highest BCUT2D eigenvalue weighted by Gasteiger charge is 2.47. The minimum absolute atomic E-state index is 0.00744. The number of aliphatic carboxylic acids is 1.